The summed E-state index contributed by atoms with van der Waals surface area (Å²) >= 11 is 6.02. The van der Waals surface area contributed by atoms with Crippen molar-refractivity contribution >= 4 is 29.0 Å². The minimum Gasteiger partial charge on any atom is -0.322 e. The van der Waals surface area contributed by atoms with Crippen LogP contribution in [0.2, 0.25) is 5.02 Å². The summed E-state index contributed by atoms with van der Waals surface area (Å²) in [4.78, 5) is 27.8. The highest BCUT2D eigenvalue weighted by atomic mass is 35.5. The number of nitro groups is 1. The van der Waals surface area contributed by atoms with E-state index >= 15 is 0 Å². The number of benzene rings is 3. The second-order valence-electron chi connectivity index (χ2n) is 8.51. The number of nitrogens with zero attached hydrogens (tertiary/aromatic N) is 2. The van der Waals surface area contributed by atoms with Gasteiger partial charge in [0.25, 0.3) is 0 Å². The van der Waals surface area contributed by atoms with Crippen LogP contribution < -0.4 is 10.6 Å². The highest BCUT2D eigenvalue weighted by Gasteiger charge is 2.40. The van der Waals surface area contributed by atoms with Gasteiger partial charge in [-0.25, -0.2) is 4.79 Å². The van der Waals surface area contributed by atoms with E-state index in [9.17, 15) is 32.5 Å². The SMILES string of the molecule is O=C(Nc1ccc(F)c([N+](=O)[O-])c1)NC(Cc1ccccc1)(c1cccc(C(F)(F)F)c1)c1ccc(Cl)cn1. The molecular formula is C27H19ClF4N4O3. The Balaban J connectivity index is 1.85. The van der Waals surface area contributed by atoms with Crippen molar-refractivity contribution in [3.8, 4) is 0 Å². The molecule has 1 atom stereocenters. The highest BCUT2D eigenvalue weighted by molar-refractivity contribution is 6.30. The molecule has 0 aliphatic rings. The Kier molecular flexibility index (Phi) is 7.82. The standard InChI is InChI=1S/C27H19ClF4N4O3/c28-20-9-12-24(33-16-20)26(15-17-5-2-1-3-6-17,18-7-4-8-19(13-18)27(30,31)32)35-25(37)34-21-10-11-22(29)23(14-21)36(38)39/h1-14,16H,15H2,(H2,34,35,37). The molecular weight excluding hydrogens is 540 g/mol. The third-order valence-corrected chi connectivity index (χ3v) is 6.11. The summed E-state index contributed by atoms with van der Waals surface area (Å²) < 4.78 is 54.9. The molecule has 0 saturated heterocycles. The molecule has 4 aromatic rings. The van der Waals surface area contributed by atoms with Crippen LogP contribution in [0.1, 0.15) is 22.4 Å². The lowest BCUT2D eigenvalue weighted by Crippen LogP contribution is -2.50. The van der Waals surface area contributed by atoms with Crippen LogP contribution in [0.25, 0.3) is 0 Å². The van der Waals surface area contributed by atoms with Crippen molar-refractivity contribution in [1.29, 1.82) is 0 Å². The van der Waals surface area contributed by atoms with Crippen LogP contribution >= 0.6 is 11.6 Å². The number of nitrogens with one attached hydrogen (secondary N) is 2. The number of hydrogen-bond acceptors (Lipinski definition) is 4. The molecule has 4 rings (SSSR count). The predicted octanol–water partition coefficient (Wildman–Crippen LogP) is 7.11. The topological polar surface area (TPSA) is 97.2 Å². The Morgan fingerprint density at radius 1 is 0.949 bits per heavy atom. The van der Waals surface area contributed by atoms with Crippen LogP contribution in [0.5, 0.6) is 0 Å². The lowest BCUT2D eigenvalue weighted by Gasteiger charge is -2.36. The van der Waals surface area contributed by atoms with Crippen LogP contribution in [0, 0.1) is 15.9 Å². The van der Waals surface area contributed by atoms with Crippen molar-refractivity contribution in [2.24, 2.45) is 0 Å². The Morgan fingerprint density at radius 3 is 2.31 bits per heavy atom. The summed E-state index contributed by atoms with van der Waals surface area (Å²) in [5.74, 6) is -1.10. The summed E-state index contributed by atoms with van der Waals surface area (Å²) in [6, 6.07) is 18.0. The molecule has 7 nitrogen and oxygen atoms in total. The minimum absolute atomic E-state index is 0.0270. The molecule has 0 radical (unpaired) electrons. The quantitative estimate of drug-likeness (QED) is 0.143. The fraction of sp³-hybridized carbons (Fsp3) is 0.111. The van der Waals surface area contributed by atoms with Crippen LogP contribution in [0.4, 0.5) is 33.7 Å². The van der Waals surface area contributed by atoms with Crippen molar-refractivity contribution in [1.82, 2.24) is 10.3 Å². The number of nitro benzene ring substituents is 1. The molecule has 0 bridgehead atoms. The molecule has 0 fully saturated rings. The van der Waals surface area contributed by atoms with Gasteiger partial charge in [-0.15, -0.1) is 0 Å². The number of hydrogen-bond donors (Lipinski definition) is 2. The molecule has 1 heterocycles. The minimum atomic E-state index is -4.67. The van der Waals surface area contributed by atoms with Crippen molar-refractivity contribution in [3.63, 3.8) is 0 Å². The van der Waals surface area contributed by atoms with E-state index in [2.05, 4.69) is 15.6 Å². The lowest BCUT2D eigenvalue weighted by atomic mass is 9.80. The largest absolute Gasteiger partial charge is 0.416 e. The van der Waals surface area contributed by atoms with E-state index in [0.29, 0.717) is 5.56 Å². The number of aromatic nitrogens is 1. The van der Waals surface area contributed by atoms with E-state index in [0.717, 1.165) is 30.3 Å². The van der Waals surface area contributed by atoms with Crippen LogP contribution in [0.3, 0.4) is 0 Å². The third-order valence-electron chi connectivity index (χ3n) is 5.89. The van der Waals surface area contributed by atoms with Gasteiger partial charge in [0, 0.05) is 24.4 Å². The van der Waals surface area contributed by atoms with Crippen LogP contribution in [-0.4, -0.2) is 15.9 Å². The second kappa shape index (κ2) is 11.1. The average molecular weight is 559 g/mol. The second-order valence-corrected chi connectivity index (χ2v) is 8.95. The number of carbonyl (C=O) groups is 1. The van der Waals surface area contributed by atoms with Gasteiger partial charge in [0.05, 0.1) is 21.2 Å². The van der Waals surface area contributed by atoms with Crippen molar-refractivity contribution in [3.05, 3.63) is 134 Å². The normalized spacial score (nSPS) is 12.8. The Morgan fingerprint density at radius 2 is 1.67 bits per heavy atom. The molecule has 0 spiro atoms. The first-order valence-corrected chi connectivity index (χ1v) is 11.7. The maximum atomic E-state index is 13.8. The molecule has 39 heavy (non-hydrogen) atoms. The third kappa shape index (κ3) is 6.32. The number of urea groups is 1. The molecule has 0 aliphatic carbocycles. The zero-order valence-electron chi connectivity index (χ0n) is 19.9. The van der Waals surface area contributed by atoms with Gasteiger partial charge in [-0.1, -0.05) is 54.1 Å². The van der Waals surface area contributed by atoms with Crippen LogP contribution in [-0.2, 0) is 18.1 Å². The van der Waals surface area contributed by atoms with Gasteiger partial charge in [-0.05, 0) is 47.5 Å². The molecule has 12 heteroatoms. The van der Waals surface area contributed by atoms with Crippen molar-refractivity contribution < 1.29 is 27.3 Å². The molecule has 3 aromatic carbocycles. The van der Waals surface area contributed by atoms with Crippen molar-refractivity contribution in [2.45, 2.75) is 18.1 Å². The van der Waals surface area contributed by atoms with E-state index in [1.54, 1.807) is 30.3 Å². The number of rotatable bonds is 7. The van der Waals surface area contributed by atoms with E-state index < -0.39 is 39.7 Å². The number of anilines is 1. The fourth-order valence-electron chi connectivity index (χ4n) is 4.10. The number of amides is 2. The van der Waals surface area contributed by atoms with Crippen LogP contribution in [0.15, 0.2) is 91.1 Å². The zero-order chi connectivity index (χ0) is 28.2. The monoisotopic (exact) mass is 558 g/mol. The fourth-order valence-corrected chi connectivity index (χ4v) is 4.21. The van der Waals surface area contributed by atoms with Gasteiger partial charge in [-0.2, -0.15) is 17.6 Å². The maximum Gasteiger partial charge on any atom is 0.416 e. The molecule has 0 saturated carbocycles. The predicted molar refractivity (Wildman–Crippen MR) is 137 cm³/mol. The zero-order valence-corrected chi connectivity index (χ0v) is 20.6. The summed E-state index contributed by atoms with van der Waals surface area (Å²) in [5, 5.41) is 16.5. The Bertz CT molecular complexity index is 1500. The number of carbonyl (C=O) groups excluding carboxylic acids is 1. The maximum absolute atomic E-state index is 13.8. The van der Waals surface area contributed by atoms with E-state index in [-0.39, 0.29) is 28.4 Å². The van der Waals surface area contributed by atoms with E-state index in [1.807, 2.05) is 0 Å². The molecule has 200 valence electrons. The molecule has 2 N–H and O–H groups in total. The van der Waals surface area contributed by atoms with Gasteiger partial charge in [0.1, 0.15) is 5.54 Å². The first kappa shape index (κ1) is 27.5. The number of alkyl halides is 3. The molecule has 1 aromatic heterocycles. The Hall–Kier alpha value is -4.51. The van der Waals surface area contributed by atoms with Crippen molar-refractivity contribution in [2.75, 3.05) is 5.32 Å². The van der Waals surface area contributed by atoms with Gasteiger partial charge < -0.3 is 10.6 Å². The molecule has 1 unspecified atom stereocenters. The molecule has 0 aliphatic heterocycles. The van der Waals surface area contributed by atoms with Gasteiger partial charge in [-0.3, -0.25) is 15.1 Å². The van der Waals surface area contributed by atoms with Gasteiger partial charge in [0.15, 0.2) is 0 Å². The summed E-state index contributed by atoms with van der Waals surface area (Å²) in [6.07, 6.45) is -3.40. The first-order chi connectivity index (χ1) is 18.5. The smallest absolute Gasteiger partial charge is 0.322 e. The molecule has 2 amide bonds. The average Bonchev–Trinajstić information content (AvgIpc) is 2.90. The Labute approximate surface area is 224 Å². The number of pyridine rings is 1. The van der Waals surface area contributed by atoms with E-state index in [1.165, 1.54) is 30.5 Å². The lowest BCUT2D eigenvalue weighted by molar-refractivity contribution is -0.387. The van der Waals surface area contributed by atoms with Gasteiger partial charge in [0.2, 0.25) is 5.82 Å². The highest BCUT2D eigenvalue weighted by Crippen LogP contribution is 2.37. The van der Waals surface area contributed by atoms with Gasteiger partial charge >= 0.3 is 17.9 Å². The van der Waals surface area contributed by atoms with E-state index in [4.69, 9.17) is 11.6 Å². The first-order valence-electron chi connectivity index (χ1n) is 11.3. The summed E-state index contributed by atoms with van der Waals surface area (Å²) in [7, 11) is 0. The summed E-state index contributed by atoms with van der Waals surface area (Å²) in [5.41, 5.74) is -2.68. The summed E-state index contributed by atoms with van der Waals surface area (Å²) in [6.45, 7) is 0. The number of halogens is 5.